The Labute approximate surface area is 101 Å². The molecule has 0 aliphatic carbocycles. The molecule has 3 nitrogen and oxygen atoms in total. The molecule has 1 heterocycles. The van der Waals surface area contributed by atoms with Gasteiger partial charge in [-0.1, -0.05) is 12.1 Å². The van der Waals surface area contributed by atoms with Gasteiger partial charge < -0.3 is 14.5 Å². The maximum absolute atomic E-state index is 5.61. The SMILES string of the molecule is Cc1cccc(OCCNCc2ccco2)c1. The average Bonchev–Trinajstić information content (AvgIpc) is 2.82. The van der Waals surface area contributed by atoms with Gasteiger partial charge in [0.2, 0.25) is 0 Å². The summed E-state index contributed by atoms with van der Waals surface area (Å²) in [5.74, 6) is 1.87. The van der Waals surface area contributed by atoms with Crippen molar-refractivity contribution in [2.45, 2.75) is 13.5 Å². The van der Waals surface area contributed by atoms with Crippen molar-refractivity contribution in [2.24, 2.45) is 0 Å². The number of benzene rings is 1. The quantitative estimate of drug-likeness (QED) is 0.776. The number of nitrogens with one attached hydrogen (secondary N) is 1. The minimum absolute atomic E-state index is 0.657. The highest BCUT2D eigenvalue weighted by molar-refractivity contribution is 5.27. The largest absolute Gasteiger partial charge is 0.492 e. The van der Waals surface area contributed by atoms with Crippen molar-refractivity contribution < 1.29 is 9.15 Å². The predicted molar refractivity (Wildman–Crippen MR) is 67.1 cm³/mol. The Balaban J connectivity index is 1.63. The number of hydrogen-bond acceptors (Lipinski definition) is 3. The lowest BCUT2D eigenvalue weighted by atomic mass is 10.2. The zero-order chi connectivity index (χ0) is 11.9. The highest BCUT2D eigenvalue weighted by Crippen LogP contribution is 2.11. The molecule has 0 spiro atoms. The van der Waals surface area contributed by atoms with E-state index >= 15 is 0 Å². The molecule has 0 radical (unpaired) electrons. The maximum Gasteiger partial charge on any atom is 0.119 e. The molecule has 0 saturated heterocycles. The second-order valence-corrected chi connectivity index (χ2v) is 3.92. The van der Waals surface area contributed by atoms with E-state index in [2.05, 4.69) is 18.3 Å². The van der Waals surface area contributed by atoms with Crippen molar-refractivity contribution in [3.05, 3.63) is 54.0 Å². The van der Waals surface area contributed by atoms with Crippen molar-refractivity contribution in [3.63, 3.8) is 0 Å². The Morgan fingerprint density at radius 2 is 2.18 bits per heavy atom. The van der Waals surface area contributed by atoms with Gasteiger partial charge in [-0.2, -0.15) is 0 Å². The first kappa shape index (κ1) is 11.7. The lowest BCUT2D eigenvalue weighted by Crippen LogP contribution is -2.20. The van der Waals surface area contributed by atoms with Crippen molar-refractivity contribution >= 4 is 0 Å². The summed E-state index contributed by atoms with van der Waals surface area (Å²) in [5.41, 5.74) is 1.21. The fourth-order valence-electron chi connectivity index (χ4n) is 1.57. The lowest BCUT2D eigenvalue weighted by Gasteiger charge is -2.07. The molecule has 90 valence electrons. The van der Waals surface area contributed by atoms with Gasteiger partial charge in [0.05, 0.1) is 12.8 Å². The van der Waals surface area contributed by atoms with E-state index in [0.717, 1.165) is 24.6 Å². The smallest absolute Gasteiger partial charge is 0.119 e. The van der Waals surface area contributed by atoms with Gasteiger partial charge in [-0.15, -0.1) is 0 Å². The minimum Gasteiger partial charge on any atom is -0.492 e. The van der Waals surface area contributed by atoms with Crippen LogP contribution in [0.25, 0.3) is 0 Å². The Hall–Kier alpha value is -1.74. The molecule has 2 rings (SSSR count). The van der Waals surface area contributed by atoms with E-state index in [9.17, 15) is 0 Å². The van der Waals surface area contributed by atoms with Crippen LogP contribution < -0.4 is 10.1 Å². The number of rotatable bonds is 6. The van der Waals surface area contributed by atoms with E-state index in [4.69, 9.17) is 9.15 Å². The van der Waals surface area contributed by atoms with Crippen molar-refractivity contribution in [1.29, 1.82) is 0 Å². The Bertz CT molecular complexity index is 437. The fraction of sp³-hybridized carbons (Fsp3) is 0.286. The third kappa shape index (κ3) is 3.96. The Morgan fingerprint density at radius 3 is 2.94 bits per heavy atom. The van der Waals surface area contributed by atoms with E-state index in [-0.39, 0.29) is 0 Å². The third-order valence-electron chi connectivity index (χ3n) is 2.42. The van der Waals surface area contributed by atoms with E-state index < -0.39 is 0 Å². The van der Waals surface area contributed by atoms with Gasteiger partial charge in [-0.05, 0) is 36.8 Å². The summed E-state index contributed by atoms with van der Waals surface area (Å²) in [6.45, 7) is 4.25. The van der Waals surface area contributed by atoms with Crippen molar-refractivity contribution in [3.8, 4) is 5.75 Å². The number of aryl methyl sites for hydroxylation is 1. The molecule has 0 aliphatic heterocycles. The maximum atomic E-state index is 5.61. The van der Waals surface area contributed by atoms with Crippen LogP contribution in [0.1, 0.15) is 11.3 Å². The summed E-state index contributed by atoms with van der Waals surface area (Å²) in [5, 5.41) is 3.25. The molecular weight excluding hydrogens is 214 g/mol. The van der Waals surface area contributed by atoms with Gasteiger partial charge in [0.25, 0.3) is 0 Å². The standard InChI is InChI=1S/C14H17NO2/c1-12-4-2-5-13(10-12)17-9-7-15-11-14-6-3-8-16-14/h2-6,8,10,15H,7,9,11H2,1H3. The topological polar surface area (TPSA) is 34.4 Å². The first-order valence-electron chi connectivity index (χ1n) is 5.77. The molecular formula is C14H17NO2. The molecule has 0 aliphatic rings. The van der Waals surface area contributed by atoms with Gasteiger partial charge in [-0.3, -0.25) is 0 Å². The molecule has 0 bridgehead atoms. The van der Waals surface area contributed by atoms with Crippen molar-refractivity contribution in [2.75, 3.05) is 13.2 Å². The lowest BCUT2D eigenvalue weighted by molar-refractivity contribution is 0.311. The minimum atomic E-state index is 0.657. The second kappa shape index (κ2) is 6.11. The van der Waals surface area contributed by atoms with Gasteiger partial charge in [-0.25, -0.2) is 0 Å². The van der Waals surface area contributed by atoms with Crippen LogP contribution >= 0.6 is 0 Å². The van der Waals surface area contributed by atoms with Gasteiger partial charge in [0.1, 0.15) is 18.1 Å². The summed E-state index contributed by atoms with van der Waals surface area (Å²) in [4.78, 5) is 0. The molecule has 3 heteroatoms. The predicted octanol–water partition coefficient (Wildman–Crippen LogP) is 2.76. The molecule has 1 aromatic heterocycles. The van der Waals surface area contributed by atoms with Gasteiger partial charge in [0.15, 0.2) is 0 Å². The average molecular weight is 231 g/mol. The van der Waals surface area contributed by atoms with E-state index in [0.29, 0.717) is 6.61 Å². The summed E-state index contributed by atoms with van der Waals surface area (Å²) in [6.07, 6.45) is 1.68. The second-order valence-electron chi connectivity index (χ2n) is 3.92. The summed E-state index contributed by atoms with van der Waals surface area (Å²) in [6, 6.07) is 11.9. The number of ether oxygens (including phenoxy) is 1. The summed E-state index contributed by atoms with van der Waals surface area (Å²) in [7, 11) is 0. The normalized spacial score (nSPS) is 10.4. The molecule has 0 unspecified atom stereocenters. The molecule has 0 saturated carbocycles. The summed E-state index contributed by atoms with van der Waals surface area (Å²) < 4.78 is 10.8. The number of furan rings is 1. The van der Waals surface area contributed by atoms with Gasteiger partial charge >= 0.3 is 0 Å². The van der Waals surface area contributed by atoms with Crippen LogP contribution in [-0.4, -0.2) is 13.2 Å². The molecule has 0 atom stereocenters. The molecule has 1 N–H and O–H groups in total. The molecule has 0 fully saturated rings. The van der Waals surface area contributed by atoms with Gasteiger partial charge in [0, 0.05) is 6.54 Å². The van der Waals surface area contributed by atoms with Crippen LogP contribution in [0.3, 0.4) is 0 Å². The highest BCUT2D eigenvalue weighted by atomic mass is 16.5. The summed E-state index contributed by atoms with van der Waals surface area (Å²) >= 11 is 0. The Morgan fingerprint density at radius 1 is 1.24 bits per heavy atom. The molecule has 0 amide bonds. The van der Waals surface area contributed by atoms with Crippen LogP contribution in [0.5, 0.6) is 5.75 Å². The first-order valence-corrected chi connectivity index (χ1v) is 5.77. The monoisotopic (exact) mass is 231 g/mol. The third-order valence-corrected chi connectivity index (χ3v) is 2.42. The van der Waals surface area contributed by atoms with E-state index in [1.807, 2.05) is 30.3 Å². The van der Waals surface area contributed by atoms with Crippen LogP contribution in [0.2, 0.25) is 0 Å². The molecule has 2 aromatic rings. The number of hydrogen-bond donors (Lipinski definition) is 1. The van der Waals surface area contributed by atoms with E-state index in [1.54, 1.807) is 6.26 Å². The van der Waals surface area contributed by atoms with Crippen LogP contribution in [0, 0.1) is 6.92 Å². The molecule has 1 aromatic carbocycles. The van der Waals surface area contributed by atoms with Crippen LogP contribution in [-0.2, 0) is 6.54 Å². The zero-order valence-corrected chi connectivity index (χ0v) is 9.98. The zero-order valence-electron chi connectivity index (χ0n) is 9.98. The fourth-order valence-corrected chi connectivity index (χ4v) is 1.57. The highest BCUT2D eigenvalue weighted by Gasteiger charge is 1.96. The molecule has 17 heavy (non-hydrogen) atoms. The van der Waals surface area contributed by atoms with E-state index in [1.165, 1.54) is 5.56 Å². The van der Waals surface area contributed by atoms with Crippen molar-refractivity contribution in [1.82, 2.24) is 5.32 Å². The van der Waals surface area contributed by atoms with Crippen LogP contribution in [0.4, 0.5) is 0 Å². The first-order chi connectivity index (χ1) is 8.34. The Kier molecular flexibility index (Phi) is 4.22. The van der Waals surface area contributed by atoms with Crippen LogP contribution in [0.15, 0.2) is 47.1 Å².